The average Bonchev–Trinajstić information content (AvgIpc) is 2.18. The van der Waals surface area contributed by atoms with E-state index in [0.29, 0.717) is 6.04 Å². The quantitative estimate of drug-likeness (QED) is 0.823. The Balaban J connectivity index is 2.04. The summed E-state index contributed by atoms with van der Waals surface area (Å²) >= 11 is 2.05. The Morgan fingerprint density at radius 2 is 2.13 bits per heavy atom. The minimum atomic E-state index is 0.221. The summed E-state index contributed by atoms with van der Waals surface area (Å²) in [4.78, 5) is 0.221. The van der Waals surface area contributed by atoms with Crippen LogP contribution in [0.2, 0.25) is 0 Å². The molecule has 1 aliphatic rings. The first-order chi connectivity index (χ1) is 7.18. The zero-order valence-corrected chi connectivity index (χ0v) is 10.3. The molecule has 0 radical (unpaired) electrons. The van der Waals surface area contributed by atoms with Crippen LogP contribution in [0.1, 0.15) is 25.8 Å². The fourth-order valence-corrected chi connectivity index (χ4v) is 3.66. The number of hydrogen-bond donors (Lipinski definition) is 1. The minimum absolute atomic E-state index is 0.221. The van der Waals surface area contributed by atoms with Crippen molar-refractivity contribution in [2.24, 2.45) is 0 Å². The van der Waals surface area contributed by atoms with Crippen molar-refractivity contribution in [1.29, 1.82) is 0 Å². The third-order valence-corrected chi connectivity index (χ3v) is 4.25. The van der Waals surface area contributed by atoms with Crippen LogP contribution in [0.5, 0.6) is 0 Å². The second kappa shape index (κ2) is 4.58. The van der Waals surface area contributed by atoms with E-state index in [2.05, 4.69) is 61.3 Å². The molecule has 1 aromatic carbocycles. The van der Waals surface area contributed by atoms with Gasteiger partial charge < -0.3 is 5.32 Å². The molecule has 1 aromatic rings. The van der Waals surface area contributed by atoms with Gasteiger partial charge in [-0.25, -0.2) is 0 Å². The molecule has 1 saturated heterocycles. The van der Waals surface area contributed by atoms with Gasteiger partial charge in [0.05, 0.1) is 4.87 Å². The van der Waals surface area contributed by atoms with Crippen LogP contribution in [0.4, 0.5) is 0 Å². The Morgan fingerprint density at radius 1 is 1.40 bits per heavy atom. The highest BCUT2D eigenvalue weighted by molar-refractivity contribution is 8.00. The maximum atomic E-state index is 3.70. The summed E-state index contributed by atoms with van der Waals surface area (Å²) in [6, 6.07) is 11.4. The lowest BCUT2D eigenvalue weighted by atomic mass is 10.1. The van der Waals surface area contributed by atoms with Crippen LogP contribution >= 0.6 is 11.8 Å². The van der Waals surface area contributed by atoms with Crippen molar-refractivity contribution in [1.82, 2.24) is 5.32 Å². The molecule has 1 nitrogen and oxygen atoms in total. The summed E-state index contributed by atoms with van der Waals surface area (Å²) in [5.74, 6) is 1.28. The Hall–Kier alpha value is -0.470. The molecule has 2 unspecified atom stereocenters. The molecule has 0 bridgehead atoms. The van der Waals surface area contributed by atoms with E-state index in [1.54, 1.807) is 0 Å². The highest BCUT2D eigenvalue weighted by Crippen LogP contribution is 2.31. The predicted molar refractivity (Wildman–Crippen MR) is 68.2 cm³/mol. The molecule has 0 aliphatic carbocycles. The van der Waals surface area contributed by atoms with Gasteiger partial charge in [0, 0.05) is 6.04 Å². The molecular formula is C13H19NS. The number of hydrogen-bond acceptors (Lipinski definition) is 2. The summed E-state index contributed by atoms with van der Waals surface area (Å²) in [5, 5.41) is 3.70. The topological polar surface area (TPSA) is 12.0 Å². The van der Waals surface area contributed by atoms with E-state index in [-0.39, 0.29) is 4.87 Å². The summed E-state index contributed by atoms with van der Waals surface area (Å²) in [5.41, 5.74) is 1.43. The van der Waals surface area contributed by atoms with Gasteiger partial charge in [0.15, 0.2) is 0 Å². The van der Waals surface area contributed by atoms with Gasteiger partial charge in [-0.1, -0.05) is 30.3 Å². The number of thioether (sulfide) groups is 1. The first-order valence-corrected chi connectivity index (χ1v) is 6.62. The van der Waals surface area contributed by atoms with Gasteiger partial charge in [0.25, 0.3) is 0 Å². The largest absolute Gasteiger partial charge is 0.300 e. The summed E-state index contributed by atoms with van der Waals surface area (Å²) in [6.45, 7) is 4.60. The first kappa shape index (κ1) is 11.0. The molecule has 2 rings (SSSR count). The van der Waals surface area contributed by atoms with Crippen molar-refractivity contribution < 1.29 is 0 Å². The fourth-order valence-electron chi connectivity index (χ4n) is 2.18. The molecule has 1 heterocycles. The third-order valence-electron chi connectivity index (χ3n) is 2.91. The molecule has 1 N–H and O–H groups in total. The molecule has 2 heteroatoms. The predicted octanol–water partition coefficient (Wildman–Crippen LogP) is 3.06. The summed E-state index contributed by atoms with van der Waals surface area (Å²) in [6.07, 6.45) is 2.40. The molecule has 82 valence electrons. The van der Waals surface area contributed by atoms with Crippen molar-refractivity contribution in [3.05, 3.63) is 35.9 Å². The molecule has 0 aromatic heterocycles. The molecule has 0 saturated carbocycles. The van der Waals surface area contributed by atoms with Gasteiger partial charge in [0.2, 0.25) is 0 Å². The summed E-state index contributed by atoms with van der Waals surface area (Å²) in [7, 11) is 0. The monoisotopic (exact) mass is 221 g/mol. The maximum absolute atomic E-state index is 3.70. The summed E-state index contributed by atoms with van der Waals surface area (Å²) < 4.78 is 0. The number of nitrogens with one attached hydrogen (secondary N) is 1. The van der Waals surface area contributed by atoms with Crippen molar-refractivity contribution in [3.63, 3.8) is 0 Å². The second-order valence-electron chi connectivity index (χ2n) is 4.58. The van der Waals surface area contributed by atoms with Crippen LogP contribution in [0, 0.1) is 0 Å². The van der Waals surface area contributed by atoms with E-state index < -0.39 is 0 Å². The molecule has 2 atom stereocenters. The van der Waals surface area contributed by atoms with E-state index in [4.69, 9.17) is 0 Å². The lowest BCUT2D eigenvalue weighted by molar-refractivity contribution is 0.408. The van der Waals surface area contributed by atoms with Gasteiger partial charge in [-0.15, -0.1) is 11.8 Å². The molecule has 1 aliphatic heterocycles. The van der Waals surface area contributed by atoms with Crippen LogP contribution in [-0.4, -0.2) is 16.7 Å². The third kappa shape index (κ3) is 2.99. The van der Waals surface area contributed by atoms with Crippen molar-refractivity contribution in [3.8, 4) is 0 Å². The van der Waals surface area contributed by atoms with E-state index >= 15 is 0 Å². The second-order valence-corrected chi connectivity index (χ2v) is 6.17. The van der Waals surface area contributed by atoms with Gasteiger partial charge in [-0.3, -0.25) is 0 Å². The van der Waals surface area contributed by atoms with E-state index in [9.17, 15) is 0 Å². The van der Waals surface area contributed by atoms with Gasteiger partial charge in [-0.2, -0.15) is 0 Å². The zero-order valence-electron chi connectivity index (χ0n) is 9.49. The number of benzene rings is 1. The first-order valence-electron chi connectivity index (χ1n) is 5.63. The van der Waals surface area contributed by atoms with Crippen LogP contribution in [0.25, 0.3) is 0 Å². The maximum Gasteiger partial charge on any atom is 0.0659 e. The Bertz CT molecular complexity index is 312. The van der Waals surface area contributed by atoms with Gasteiger partial charge in [0.1, 0.15) is 0 Å². The van der Waals surface area contributed by atoms with Crippen molar-refractivity contribution >= 4 is 11.8 Å². The smallest absolute Gasteiger partial charge is 0.0659 e. The van der Waals surface area contributed by atoms with Crippen LogP contribution < -0.4 is 5.32 Å². The minimum Gasteiger partial charge on any atom is -0.300 e. The van der Waals surface area contributed by atoms with Gasteiger partial charge >= 0.3 is 0 Å². The van der Waals surface area contributed by atoms with Crippen LogP contribution in [0.15, 0.2) is 30.3 Å². The van der Waals surface area contributed by atoms with E-state index in [0.717, 1.165) is 6.42 Å². The highest BCUT2D eigenvalue weighted by atomic mass is 32.2. The van der Waals surface area contributed by atoms with Gasteiger partial charge in [-0.05, 0) is 38.0 Å². The standard InChI is InChI=1S/C13H19NS/c1-11-8-9-15-13(2,14-11)10-12-6-4-3-5-7-12/h3-7,11,14H,8-10H2,1-2H3. The normalized spacial score (nSPS) is 31.5. The molecule has 0 amide bonds. The highest BCUT2D eigenvalue weighted by Gasteiger charge is 2.30. The Morgan fingerprint density at radius 3 is 2.80 bits per heavy atom. The van der Waals surface area contributed by atoms with E-state index in [1.165, 1.54) is 17.7 Å². The molecule has 0 spiro atoms. The lowest BCUT2D eigenvalue weighted by Gasteiger charge is -2.38. The molecule has 15 heavy (non-hydrogen) atoms. The molecule has 1 fully saturated rings. The Labute approximate surface area is 96.7 Å². The van der Waals surface area contributed by atoms with Crippen molar-refractivity contribution in [2.45, 2.75) is 37.6 Å². The van der Waals surface area contributed by atoms with E-state index in [1.807, 2.05) is 0 Å². The fraction of sp³-hybridized carbons (Fsp3) is 0.538. The SMILES string of the molecule is CC1CCSC(C)(Cc2ccccc2)N1. The van der Waals surface area contributed by atoms with Crippen LogP contribution in [0.3, 0.4) is 0 Å². The average molecular weight is 221 g/mol. The zero-order chi connectivity index (χ0) is 10.7. The number of rotatable bonds is 2. The lowest BCUT2D eigenvalue weighted by Crippen LogP contribution is -2.49. The van der Waals surface area contributed by atoms with Crippen molar-refractivity contribution in [2.75, 3.05) is 5.75 Å². The Kier molecular flexibility index (Phi) is 3.37. The van der Waals surface area contributed by atoms with Crippen LogP contribution in [-0.2, 0) is 6.42 Å². The molecular weight excluding hydrogens is 202 g/mol.